The van der Waals surface area contributed by atoms with Crippen LogP contribution in [0.2, 0.25) is 10.0 Å². The lowest BCUT2D eigenvalue weighted by Crippen LogP contribution is -2.52. The fourth-order valence-corrected chi connectivity index (χ4v) is 5.70. The van der Waals surface area contributed by atoms with E-state index in [0.29, 0.717) is 24.2 Å². The molecule has 35 heavy (non-hydrogen) atoms. The molecule has 1 spiro atoms. The van der Waals surface area contributed by atoms with Crippen molar-refractivity contribution in [3.8, 4) is 0 Å². The third-order valence-corrected chi connectivity index (χ3v) is 7.57. The van der Waals surface area contributed by atoms with E-state index in [1.54, 1.807) is 24.3 Å². The number of rotatable bonds is 7. The molecule has 4 rings (SSSR count). The van der Waals surface area contributed by atoms with Gasteiger partial charge in [-0.05, 0) is 30.5 Å². The van der Waals surface area contributed by atoms with E-state index in [2.05, 4.69) is 15.6 Å². The number of amides is 1. The number of halogens is 3. The number of hydrogen-bond acceptors (Lipinski definition) is 5. The van der Waals surface area contributed by atoms with E-state index >= 15 is 0 Å². The first-order chi connectivity index (χ1) is 16.7. The molecule has 0 radical (unpaired) electrons. The van der Waals surface area contributed by atoms with Crippen molar-refractivity contribution in [1.29, 1.82) is 0 Å². The van der Waals surface area contributed by atoms with Gasteiger partial charge in [0.1, 0.15) is 11.1 Å². The third-order valence-electron chi connectivity index (χ3n) is 6.64. The summed E-state index contributed by atoms with van der Waals surface area (Å²) < 4.78 is 0. The van der Waals surface area contributed by atoms with Gasteiger partial charge in [-0.2, -0.15) is 0 Å². The number of ketones is 1. The fraction of sp³-hybridized carbons (Fsp3) is 0.360. The Morgan fingerprint density at radius 1 is 1.00 bits per heavy atom. The Balaban J connectivity index is 1.45. The first-order valence-corrected chi connectivity index (χ1v) is 12.5. The first kappa shape index (κ1) is 25.5. The molecule has 1 aromatic heterocycles. The van der Waals surface area contributed by atoms with Crippen molar-refractivity contribution in [2.75, 3.05) is 5.32 Å². The van der Waals surface area contributed by atoms with Gasteiger partial charge in [-0.1, -0.05) is 72.6 Å². The van der Waals surface area contributed by atoms with Crippen molar-refractivity contribution in [2.24, 2.45) is 5.41 Å². The molecule has 2 aromatic rings. The second-order valence-electron chi connectivity index (χ2n) is 8.88. The zero-order valence-corrected chi connectivity index (χ0v) is 21.0. The van der Waals surface area contributed by atoms with Gasteiger partial charge in [0.15, 0.2) is 5.78 Å². The number of Topliss-reactive ketones (excluding diaryl/α,β-unsaturated/α-hetero) is 1. The molecule has 1 heterocycles. The zero-order valence-electron chi connectivity index (χ0n) is 18.7. The van der Waals surface area contributed by atoms with E-state index in [1.165, 1.54) is 12.4 Å². The Bertz CT molecular complexity index is 1170. The lowest BCUT2D eigenvalue weighted by Gasteiger charge is -2.43. The molecule has 1 amide bonds. The Labute approximate surface area is 217 Å². The minimum Gasteiger partial charge on any atom is -0.480 e. The summed E-state index contributed by atoms with van der Waals surface area (Å²) in [6.07, 6.45) is 8.18. The van der Waals surface area contributed by atoms with Gasteiger partial charge in [-0.25, -0.2) is 4.79 Å². The maximum atomic E-state index is 12.6. The normalized spacial score (nSPS) is 18.0. The van der Waals surface area contributed by atoms with Gasteiger partial charge < -0.3 is 15.7 Å². The number of anilines is 1. The van der Waals surface area contributed by atoms with Crippen LogP contribution in [0.3, 0.4) is 0 Å². The Hall–Kier alpha value is -2.61. The summed E-state index contributed by atoms with van der Waals surface area (Å²) in [6.45, 7) is 0. The molecule has 1 unspecified atom stereocenters. The highest BCUT2D eigenvalue weighted by molar-refractivity contribution is 6.47. The maximum absolute atomic E-state index is 12.6. The molecule has 0 saturated heterocycles. The number of hydrogen-bond donors (Lipinski definition) is 3. The molecular weight excluding hydrogens is 513 g/mol. The van der Waals surface area contributed by atoms with Crippen LogP contribution in [0.25, 0.3) is 0 Å². The molecule has 10 heteroatoms. The van der Waals surface area contributed by atoms with Gasteiger partial charge in [-0.3, -0.25) is 14.6 Å². The van der Waals surface area contributed by atoms with Crippen molar-refractivity contribution in [3.05, 3.63) is 68.6 Å². The summed E-state index contributed by atoms with van der Waals surface area (Å²) in [5.74, 6) is -1.60. The van der Waals surface area contributed by atoms with Gasteiger partial charge in [0, 0.05) is 30.2 Å². The molecular formula is C25H24Cl3N3O4. The van der Waals surface area contributed by atoms with E-state index in [4.69, 9.17) is 34.8 Å². The largest absolute Gasteiger partial charge is 0.480 e. The molecule has 0 aliphatic heterocycles. The minimum absolute atomic E-state index is 0.0813. The lowest BCUT2D eigenvalue weighted by molar-refractivity contribution is -0.140. The summed E-state index contributed by atoms with van der Waals surface area (Å²) in [6, 6.07) is 5.84. The van der Waals surface area contributed by atoms with E-state index in [1.807, 2.05) is 0 Å². The average Bonchev–Trinajstić information content (AvgIpc) is 3.10. The highest BCUT2D eigenvalue weighted by Crippen LogP contribution is 2.52. The molecule has 184 valence electrons. The van der Waals surface area contributed by atoms with E-state index < -0.39 is 23.3 Å². The molecule has 2 aliphatic carbocycles. The topological polar surface area (TPSA) is 108 Å². The van der Waals surface area contributed by atoms with E-state index in [9.17, 15) is 19.5 Å². The van der Waals surface area contributed by atoms with Crippen molar-refractivity contribution in [3.63, 3.8) is 0 Å². The second kappa shape index (κ2) is 10.6. The zero-order chi connectivity index (χ0) is 25.2. The molecule has 1 saturated carbocycles. The van der Waals surface area contributed by atoms with Crippen LogP contribution in [0.1, 0.15) is 54.4 Å². The number of benzene rings is 1. The van der Waals surface area contributed by atoms with Crippen LogP contribution in [0, 0.1) is 5.41 Å². The number of aromatic nitrogens is 1. The SMILES string of the molecule is O=C(Nc1ccc(CC(NC2=C(Cl)C(=O)C23CCCCCC3)C(=O)O)cc1)c1c(Cl)cncc1Cl. The first-order valence-electron chi connectivity index (χ1n) is 11.4. The monoisotopic (exact) mass is 535 g/mol. The lowest BCUT2D eigenvalue weighted by atomic mass is 9.65. The summed E-state index contributed by atoms with van der Waals surface area (Å²) in [5.41, 5.74) is 1.24. The number of nitrogens with zero attached hydrogens (tertiary/aromatic N) is 1. The van der Waals surface area contributed by atoms with E-state index in [-0.39, 0.29) is 32.8 Å². The Morgan fingerprint density at radius 3 is 2.17 bits per heavy atom. The summed E-state index contributed by atoms with van der Waals surface area (Å²) >= 11 is 18.3. The molecule has 2 aliphatic rings. The van der Waals surface area contributed by atoms with E-state index in [0.717, 1.165) is 31.2 Å². The van der Waals surface area contributed by atoms with Gasteiger partial charge in [0.2, 0.25) is 0 Å². The fourth-order valence-electron chi connectivity index (χ4n) is 4.75. The van der Waals surface area contributed by atoms with Crippen LogP contribution in [0.4, 0.5) is 5.69 Å². The average molecular weight is 537 g/mol. The number of nitrogens with one attached hydrogen (secondary N) is 2. The minimum atomic E-state index is -1.04. The van der Waals surface area contributed by atoms with Crippen molar-refractivity contribution >= 4 is 58.1 Å². The van der Waals surface area contributed by atoms with Gasteiger partial charge in [-0.15, -0.1) is 0 Å². The van der Waals surface area contributed by atoms with Gasteiger partial charge in [0.05, 0.1) is 21.0 Å². The Kier molecular flexibility index (Phi) is 7.69. The van der Waals surface area contributed by atoms with Gasteiger partial charge >= 0.3 is 5.97 Å². The molecule has 3 N–H and O–H groups in total. The standard InChI is InChI=1S/C25H24Cl3N3O4/c26-16-12-29-13-17(27)19(16)23(33)30-15-7-5-14(6-8-15)11-18(24(34)35)31-21-20(28)22(32)25(21)9-3-1-2-4-10-25/h5-8,12-13,18,31H,1-4,9-11H2,(H,30,33)(H,34,35). The quantitative estimate of drug-likeness (QED) is 0.425. The van der Waals surface area contributed by atoms with Crippen molar-refractivity contribution in [1.82, 2.24) is 10.3 Å². The van der Waals surface area contributed by atoms with Crippen LogP contribution < -0.4 is 10.6 Å². The predicted molar refractivity (Wildman–Crippen MR) is 135 cm³/mol. The number of carboxylic acids is 1. The summed E-state index contributed by atoms with van der Waals surface area (Å²) in [7, 11) is 0. The second-order valence-corrected chi connectivity index (χ2v) is 10.1. The Morgan fingerprint density at radius 2 is 1.60 bits per heavy atom. The van der Waals surface area contributed by atoms with Crippen LogP contribution in [0.15, 0.2) is 47.4 Å². The van der Waals surface area contributed by atoms with Crippen molar-refractivity contribution < 1.29 is 19.5 Å². The molecule has 1 aromatic carbocycles. The van der Waals surface area contributed by atoms with Crippen LogP contribution >= 0.6 is 34.8 Å². The highest BCUT2D eigenvalue weighted by Gasteiger charge is 2.53. The number of carbonyl (C=O) groups is 3. The van der Waals surface area contributed by atoms with Crippen LogP contribution in [-0.2, 0) is 16.0 Å². The van der Waals surface area contributed by atoms with Crippen LogP contribution in [-0.4, -0.2) is 33.8 Å². The maximum Gasteiger partial charge on any atom is 0.326 e. The third kappa shape index (κ3) is 5.17. The highest BCUT2D eigenvalue weighted by atomic mass is 35.5. The number of carboxylic acid groups (broad SMARTS) is 1. The molecule has 1 atom stereocenters. The summed E-state index contributed by atoms with van der Waals surface area (Å²) in [5, 5.41) is 16.0. The number of pyridine rings is 1. The molecule has 7 nitrogen and oxygen atoms in total. The number of allylic oxidation sites excluding steroid dienone is 2. The number of aliphatic carboxylic acids is 1. The van der Waals surface area contributed by atoms with Gasteiger partial charge in [0.25, 0.3) is 5.91 Å². The summed E-state index contributed by atoms with van der Waals surface area (Å²) in [4.78, 5) is 41.1. The predicted octanol–water partition coefficient (Wildman–Crippen LogP) is 5.60. The van der Waals surface area contributed by atoms with Crippen molar-refractivity contribution in [2.45, 2.75) is 51.0 Å². The van der Waals surface area contributed by atoms with Crippen LogP contribution in [0.5, 0.6) is 0 Å². The molecule has 1 fully saturated rings. The number of carbonyl (C=O) groups excluding carboxylic acids is 2. The molecule has 0 bridgehead atoms. The smallest absolute Gasteiger partial charge is 0.326 e.